The number of nitrogens with zero attached hydrogens (tertiary/aromatic N) is 1. The summed E-state index contributed by atoms with van der Waals surface area (Å²) in [7, 11) is 0. The second kappa shape index (κ2) is 4.80. The van der Waals surface area contributed by atoms with Gasteiger partial charge in [-0.15, -0.1) is 0 Å². The highest BCUT2D eigenvalue weighted by Gasteiger charge is 2.38. The van der Waals surface area contributed by atoms with E-state index in [4.69, 9.17) is 5.26 Å². The van der Waals surface area contributed by atoms with Crippen LogP contribution in [0.5, 0.6) is 0 Å². The van der Waals surface area contributed by atoms with Crippen LogP contribution in [0.15, 0.2) is 22.7 Å². The maximum absolute atomic E-state index is 10.6. The lowest BCUT2D eigenvalue weighted by molar-refractivity contribution is -0.0117. The molecule has 1 aliphatic carbocycles. The number of hydrogen-bond donors (Lipinski definition) is 1. The molecule has 1 N–H and O–H groups in total. The van der Waals surface area contributed by atoms with Gasteiger partial charge in [0.1, 0.15) is 0 Å². The third-order valence-electron chi connectivity index (χ3n) is 3.70. The number of fused-ring (bicyclic) bond motifs is 1. The summed E-state index contributed by atoms with van der Waals surface area (Å²) < 4.78 is 1.08. The molecule has 0 aromatic heterocycles. The van der Waals surface area contributed by atoms with Crippen LogP contribution in [-0.4, -0.2) is 10.7 Å². The van der Waals surface area contributed by atoms with Crippen molar-refractivity contribution in [3.8, 4) is 6.07 Å². The van der Waals surface area contributed by atoms with E-state index in [1.165, 1.54) is 11.1 Å². The summed E-state index contributed by atoms with van der Waals surface area (Å²) in [6.07, 6.45) is 2.84. The molecule has 1 aromatic carbocycles. The fourth-order valence-electron chi connectivity index (χ4n) is 2.66. The molecule has 3 heteroatoms. The molecule has 2 atom stereocenters. The minimum atomic E-state index is -0.843. The highest BCUT2D eigenvalue weighted by atomic mass is 79.9. The highest BCUT2D eigenvalue weighted by molar-refractivity contribution is 9.10. The maximum atomic E-state index is 10.6. The molecule has 90 valence electrons. The molecule has 2 rings (SSSR count). The molecule has 0 heterocycles. The molecule has 2 nitrogen and oxygen atoms in total. The maximum Gasteiger partial charge on any atom is 0.0848 e. The van der Waals surface area contributed by atoms with Gasteiger partial charge >= 0.3 is 0 Å². The van der Waals surface area contributed by atoms with E-state index in [1.807, 2.05) is 19.1 Å². The average molecular weight is 294 g/mol. The zero-order chi connectivity index (χ0) is 12.5. The van der Waals surface area contributed by atoms with Crippen molar-refractivity contribution in [2.24, 2.45) is 5.92 Å². The van der Waals surface area contributed by atoms with Crippen molar-refractivity contribution in [3.05, 3.63) is 33.8 Å². The summed E-state index contributed by atoms with van der Waals surface area (Å²) in [5.74, 6) is -0.265. The van der Waals surface area contributed by atoms with E-state index in [0.717, 1.165) is 10.9 Å². The molecule has 0 saturated heterocycles. The number of nitriles is 1. The largest absolute Gasteiger partial charge is 0.388 e. The smallest absolute Gasteiger partial charge is 0.0848 e. The summed E-state index contributed by atoms with van der Waals surface area (Å²) in [4.78, 5) is 0. The normalized spacial score (nSPS) is 24.8. The van der Waals surface area contributed by atoms with Crippen molar-refractivity contribution >= 4 is 15.9 Å². The second-order valence-corrected chi connectivity index (χ2v) is 5.70. The number of aliphatic hydroxyl groups is 1. The van der Waals surface area contributed by atoms with E-state index in [0.29, 0.717) is 19.3 Å². The Kier molecular flexibility index (Phi) is 3.56. The Morgan fingerprint density at radius 1 is 1.53 bits per heavy atom. The zero-order valence-electron chi connectivity index (χ0n) is 9.91. The lowest BCUT2D eigenvalue weighted by Crippen LogP contribution is -2.42. The fourth-order valence-corrected chi connectivity index (χ4v) is 3.07. The predicted molar refractivity (Wildman–Crippen MR) is 70.5 cm³/mol. The van der Waals surface area contributed by atoms with Crippen molar-refractivity contribution in [3.63, 3.8) is 0 Å². The molecule has 0 saturated carbocycles. The van der Waals surface area contributed by atoms with Gasteiger partial charge in [-0.1, -0.05) is 28.9 Å². The Morgan fingerprint density at radius 2 is 2.29 bits per heavy atom. The first-order valence-electron chi connectivity index (χ1n) is 5.98. The molecule has 0 fully saturated rings. The molecule has 0 bridgehead atoms. The quantitative estimate of drug-likeness (QED) is 0.910. The van der Waals surface area contributed by atoms with Gasteiger partial charge in [0, 0.05) is 10.9 Å². The third-order valence-corrected chi connectivity index (χ3v) is 4.20. The number of halogens is 1. The molecule has 0 spiro atoms. The van der Waals surface area contributed by atoms with Gasteiger partial charge in [0.2, 0.25) is 0 Å². The summed E-state index contributed by atoms with van der Waals surface area (Å²) in [6, 6.07) is 8.41. The van der Waals surface area contributed by atoms with Gasteiger partial charge in [0.25, 0.3) is 0 Å². The minimum absolute atomic E-state index is 0.265. The Bertz CT molecular complexity index is 466. The molecule has 1 aliphatic rings. The van der Waals surface area contributed by atoms with Crippen LogP contribution in [0, 0.1) is 17.2 Å². The van der Waals surface area contributed by atoms with Gasteiger partial charge in [0.15, 0.2) is 0 Å². The van der Waals surface area contributed by atoms with Crippen LogP contribution < -0.4 is 0 Å². The summed E-state index contributed by atoms with van der Waals surface area (Å²) >= 11 is 3.46. The SMILES string of the molecule is CCC(C#N)C1(O)CCc2cc(Br)ccc2C1. The number of benzene rings is 1. The standard InChI is InChI=1S/C14H16BrNO/c1-2-12(9-16)14(17)6-5-10-7-13(15)4-3-11(10)8-14/h3-4,7,12,17H,2,5-6,8H2,1H3. The van der Waals surface area contributed by atoms with E-state index < -0.39 is 5.60 Å². The van der Waals surface area contributed by atoms with Crippen LogP contribution in [0.2, 0.25) is 0 Å². The first kappa shape index (κ1) is 12.6. The molecule has 0 radical (unpaired) electrons. The number of aryl methyl sites for hydroxylation is 1. The third kappa shape index (κ3) is 2.38. The lowest BCUT2D eigenvalue weighted by Gasteiger charge is -2.36. The van der Waals surface area contributed by atoms with Crippen molar-refractivity contribution in [1.82, 2.24) is 0 Å². The predicted octanol–water partition coefficient (Wildman–Crippen LogP) is 3.22. The molecular formula is C14H16BrNO. The highest BCUT2D eigenvalue weighted by Crippen LogP contribution is 2.36. The molecular weight excluding hydrogens is 278 g/mol. The van der Waals surface area contributed by atoms with Crippen LogP contribution in [0.4, 0.5) is 0 Å². The molecule has 0 amide bonds. The van der Waals surface area contributed by atoms with Crippen molar-refractivity contribution in [2.45, 2.75) is 38.2 Å². The summed E-state index contributed by atoms with van der Waals surface area (Å²) in [5.41, 5.74) is 1.62. The Labute approximate surface area is 110 Å². The van der Waals surface area contributed by atoms with Gasteiger partial charge in [-0.3, -0.25) is 0 Å². The number of hydrogen-bond acceptors (Lipinski definition) is 2. The van der Waals surface area contributed by atoms with E-state index in [2.05, 4.69) is 28.1 Å². The molecule has 0 aliphatic heterocycles. The second-order valence-electron chi connectivity index (χ2n) is 4.78. The molecule has 17 heavy (non-hydrogen) atoms. The minimum Gasteiger partial charge on any atom is -0.388 e. The topological polar surface area (TPSA) is 44.0 Å². The van der Waals surface area contributed by atoms with Gasteiger partial charge < -0.3 is 5.11 Å². The van der Waals surface area contributed by atoms with E-state index in [-0.39, 0.29) is 5.92 Å². The molecule has 2 unspecified atom stereocenters. The summed E-state index contributed by atoms with van der Waals surface area (Å²) in [6.45, 7) is 1.96. The van der Waals surface area contributed by atoms with Crippen LogP contribution in [0.1, 0.15) is 30.9 Å². The van der Waals surface area contributed by atoms with Gasteiger partial charge in [-0.25, -0.2) is 0 Å². The number of rotatable bonds is 2. The first-order chi connectivity index (χ1) is 8.09. The average Bonchev–Trinajstić information content (AvgIpc) is 2.31. The van der Waals surface area contributed by atoms with Crippen LogP contribution in [-0.2, 0) is 12.8 Å². The lowest BCUT2D eigenvalue weighted by atomic mass is 9.73. The van der Waals surface area contributed by atoms with E-state index in [1.54, 1.807) is 0 Å². The van der Waals surface area contributed by atoms with Gasteiger partial charge in [-0.05, 0) is 42.5 Å². The van der Waals surface area contributed by atoms with Gasteiger partial charge in [0.05, 0.1) is 17.6 Å². The summed E-state index contributed by atoms with van der Waals surface area (Å²) in [5, 5.41) is 19.7. The monoisotopic (exact) mass is 293 g/mol. The van der Waals surface area contributed by atoms with E-state index >= 15 is 0 Å². The van der Waals surface area contributed by atoms with Crippen LogP contribution in [0.3, 0.4) is 0 Å². The Balaban J connectivity index is 2.29. The van der Waals surface area contributed by atoms with Crippen LogP contribution >= 0.6 is 15.9 Å². The first-order valence-corrected chi connectivity index (χ1v) is 6.77. The fraction of sp³-hybridized carbons (Fsp3) is 0.500. The van der Waals surface area contributed by atoms with Crippen molar-refractivity contribution in [2.75, 3.05) is 0 Å². The Hall–Kier alpha value is -0.850. The van der Waals surface area contributed by atoms with Crippen molar-refractivity contribution in [1.29, 1.82) is 5.26 Å². The zero-order valence-corrected chi connectivity index (χ0v) is 11.5. The van der Waals surface area contributed by atoms with Crippen LogP contribution in [0.25, 0.3) is 0 Å². The van der Waals surface area contributed by atoms with Gasteiger partial charge in [-0.2, -0.15) is 5.26 Å². The van der Waals surface area contributed by atoms with Crippen molar-refractivity contribution < 1.29 is 5.11 Å². The van der Waals surface area contributed by atoms with E-state index in [9.17, 15) is 5.11 Å². The Morgan fingerprint density at radius 3 is 2.94 bits per heavy atom. The molecule has 1 aromatic rings.